The Balaban J connectivity index is 2.35. The molecule has 0 bridgehead atoms. The van der Waals surface area contributed by atoms with Crippen molar-refractivity contribution < 1.29 is 0 Å². The van der Waals surface area contributed by atoms with Gasteiger partial charge in [0.2, 0.25) is 0 Å². The molecule has 3 rings (SSSR count). The predicted octanol–water partition coefficient (Wildman–Crippen LogP) is 5.08. The van der Waals surface area contributed by atoms with E-state index in [2.05, 4.69) is 35.8 Å². The van der Waals surface area contributed by atoms with Gasteiger partial charge in [-0.15, -0.1) is 11.6 Å². The van der Waals surface area contributed by atoms with Crippen molar-refractivity contribution in [2.24, 2.45) is 0 Å². The van der Waals surface area contributed by atoms with Crippen LogP contribution < -0.4 is 0 Å². The summed E-state index contributed by atoms with van der Waals surface area (Å²) in [6.07, 6.45) is 0.723. The van der Waals surface area contributed by atoms with Crippen molar-refractivity contribution in [3.63, 3.8) is 0 Å². The fourth-order valence-electron chi connectivity index (χ4n) is 2.59. The van der Waals surface area contributed by atoms with Crippen LogP contribution in [0.1, 0.15) is 17.0 Å². The largest absolute Gasteiger partial charge is 0.296 e. The molecule has 21 heavy (non-hydrogen) atoms. The number of rotatable bonds is 3. The number of hydrogen-bond donors (Lipinski definition) is 0. The number of hydrogen-bond acceptors (Lipinski definition) is 1. The standard InChI is InChI=1S/C17H16Cl2N2/c1-11-6-7-14-16(10-11)21(17(20-14)8-9-18)15-5-3-4-13(19)12(15)2/h3-7,10H,8-9H2,1-2H3. The van der Waals surface area contributed by atoms with Crippen LogP contribution in [0.4, 0.5) is 0 Å². The number of alkyl halides is 1. The summed E-state index contributed by atoms with van der Waals surface area (Å²) in [4.78, 5) is 4.73. The molecular formula is C17H16Cl2N2. The van der Waals surface area contributed by atoms with Gasteiger partial charge in [-0.05, 0) is 49.2 Å². The molecule has 0 saturated carbocycles. The van der Waals surface area contributed by atoms with Crippen molar-refractivity contribution in [3.05, 3.63) is 58.4 Å². The lowest BCUT2D eigenvalue weighted by atomic mass is 10.1. The molecule has 0 spiro atoms. The van der Waals surface area contributed by atoms with Crippen molar-refractivity contribution in [2.45, 2.75) is 20.3 Å². The van der Waals surface area contributed by atoms with Crippen molar-refractivity contribution in [1.82, 2.24) is 9.55 Å². The lowest BCUT2D eigenvalue weighted by Crippen LogP contribution is -2.04. The van der Waals surface area contributed by atoms with E-state index in [4.69, 9.17) is 28.2 Å². The third kappa shape index (κ3) is 2.54. The molecule has 1 heterocycles. The Labute approximate surface area is 134 Å². The topological polar surface area (TPSA) is 17.8 Å². The second kappa shape index (κ2) is 5.70. The van der Waals surface area contributed by atoms with Crippen LogP contribution in [0.25, 0.3) is 16.7 Å². The normalized spacial score (nSPS) is 11.2. The highest BCUT2D eigenvalue weighted by Crippen LogP contribution is 2.28. The third-order valence-corrected chi connectivity index (χ3v) is 4.28. The summed E-state index contributed by atoms with van der Waals surface area (Å²) in [7, 11) is 0. The molecule has 0 aliphatic carbocycles. The molecule has 0 aliphatic heterocycles. The van der Waals surface area contributed by atoms with Crippen molar-refractivity contribution in [1.29, 1.82) is 0 Å². The maximum absolute atomic E-state index is 6.28. The molecule has 0 aliphatic rings. The van der Waals surface area contributed by atoms with E-state index in [1.54, 1.807) is 0 Å². The maximum Gasteiger partial charge on any atom is 0.115 e. The van der Waals surface area contributed by atoms with E-state index >= 15 is 0 Å². The van der Waals surface area contributed by atoms with Gasteiger partial charge in [0.05, 0.1) is 16.7 Å². The second-order valence-corrected chi connectivity index (χ2v) is 5.96. The molecule has 3 aromatic rings. The summed E-state index contributed by atoms with van der Waals surface area (Å²) in [6, 6.07) is 12.2. The Morgan fingerprint density at radius 3 is 2.71 bits per heavy atom. The number of aromatic nitrogens is 2. The molecule has 2 aromatic carbocycles. The van der Waals surface area contributed by atoms with Crippen LogP contribution in [0.5, 0.6) is 0 Å². The Kier molecular flexibility index (Phi) is 3.92. The van der Waals surface area contributed by atoms with E-state index in [1.165, 1.54) is 5.56 Å². The van der Waals surface area contributed by atoms with Gasteiger partial charge >= 0.3 is 0 Å². The first-order valence-corrected chi connectivity index (χ1v) is 7.82. The first kappa shape index (κ1) is 14.4. The molecule has 0 unspecified atom stereocenters. The van der Waals surface area contributed by atoms with Crippen LogP contribution in [0.15, 0.2) is 36.4 Å². The Hall–Kier alpha value is -1.51. The zero-order valence-electron chi connectivity index (χ0n) is 12.0. The minimum Gasteiger partial charge on any atom is -0.296 e. The van der Waals surface area contributed by atoms with Gasteiger partial charge in [-0.3, -0.25) is 4.57 Å². The smallest absolute Gasteiger partial charge is 0.115 e. The highest BCUT2D eigenvalue weighted by Gasteiger charge is 2.14. The lowest BCUT2D eigenvalue weighted by molar-refractivity contribution is 0.907. The van der Waals surface area contributed by atoms with Gasteiger partial charge in [0.1, 0.15) is 5.82 Å². The van der Waals surface area contributed by atoms with Crippen molar-refractivity contribution in [3.8, 4) is 5.69 Å². The molecule has 0 atom stereocenters. The molecule has 0 radical (unpaired) electrons. The first-order valence-electron chi connectivity index (χ1n) is 6.91. The average molecular weight is 319 g/mol. The van der Waals surface area contributed by atoms with Crippen molar-refractivity contribution >= 4 is 34.2 Å². The summed E-state index contributed by atoms with van der Waals surface area (Å²) in [5, 5.41) is 0.763. The van der Waals surface area contributed by atoms with E-state index in [0.29, 0.717) is 5.88 Å². The van der Waals surface area contributed by atoms with E-state index < -0.39 is 0 Å². The number of imidazole rings is 1. The van der Waals surface area contributed by atoms with Gasteiger partial charge in [0.25, 0.3) is 0 Å². The quantitative estimate of drug-likeness (QED) is 0.616. The lowest BCUT2D eigenvalue weighted by Gasteiger charge is -2.13. The van der Waals surface area contributed by atoms with E-state index in [0.717, 1.165) is 39.6 Å². The van der Waals surface area contributed by atoms with Crippen LogP contribution in [-0.4, -0.2) is 15.4 Å². The van der Waals surface area contributed by atoms with Gasteiger partial charge in [0, 0.05) is 17.3 Å². The Morgan fingerprint density at radius 1 is 1.14 bits per heavy atom. The highest BCUT2D eigenvalue weighted by molar-refractivity contribution is 6.31. The van der Waals surface area contributed by atoms with E-state index in [9.17, 15) is 0 Å². The van der Waals surface area contributed by atoms with Crippen LogP contribution >= 0.6 is 23.2 Å². The molecule has 2 nitrogen and oxygen atoms in total. The SMILES string of the molecule is Cc1ccc2nc(CCCl)n(-c3cccc(Cl)c3C)c2c1. The van der Waals surface area contributed by atoms with Crippen molar-refractivity contribution in [2.75, 3.05) is 5.88 Å². The average Bonchev–Trinajstić information content (AvgIpc) is 2.80. The van der Waals surface area contributed by atoms with E-state index in [1.807, 2.05) is 19.1 Å². The summed E-state index contributed by atoms with van der Waals surface area (Å²) in [5.41, 5.74) is 5.41. The first-order chi connectivity index (χ1) is 10.1. The Bertz CT molecular complexity index is 806. The van der Waals surface area contributed by atoms with Gasteiger partial charge in [-0.25, -0.2) is 4.98 Å². The third-order valence-electron chi connectivity index (χ3n) is 3.68. The highest BCUT2D eigenvalue weighted by atomic mass is 35.5. The molecule has 0 amide bonds. The van der Waals surface area contributed by atoms with Crippen LogP contribution in [0, 0.1) is 13.8 Å². The van der Waals surface area contributed by atoms with Gasteiger partial charge < -0.3 is 0 Å². The van der Waals surface area contributed by atoms with Crippen LogP contribution in [-0.2, 0) is 6.42 Å². The number of halogens is 2. The monoisotopic (exact) mass is 318 g/mol. The van der Waals surface area contributed by atoms with Crippen LogP contribution in [0.2, 0.25) is 5.02 Å². The van der Waals surface area contributed by atoms with E-state index in [-0.39, 0.29) is 0 Å². The molecule has 0 fully saturated rings. The Morgan fingerprint density at radius 2 is 1.95 bits per heavy atom. The molecule has 108 valence electrons. The summed E-state index contributed by atoms with van der Waals surface area (Å²) < 4.78 is 2.17. The number of aryl methyl sites for hydroxylation is 2. The number of fused-ring (bicyclic) bond motifs is 1. The molecule has 1 aromatic heterocycles. The summed E-state index contributed by atoms with van der Waals surface area (Å²) >= 11 is 12.2. The predicted molar refractivity (Wildman–Crippen MR) is 90.0 cm³/mol. The molecule has 0 N–H and O–H groups in total. The molecule has 0 saturated heterocycles. The minimum absolute atomic E-state index is 0.544. The summed E-state index contributed by atoms with van der Waals surface area (Å²) in [6.45, 7) is 4.12. The van der Waals surface area contributed by atoms with Gasteiger partial charge in [-0.1, -0.05) is 23.7 Å². The molecule has 4 heteroatoms. The maximum atomic E-state index is 6.28. The zero-order chi connectivity index (χ0) is 15.0. The fourth-order valence-corrected chi connectivity index (χ4v) is 2.93. The number of nitrogens with zero attached hydrogens (tertiary/aromatic N) is 2. The zero-order valence-corrected chi connectivity index (χ0v) is 13.5. The minimum atomic E-state index is 0.544. The second-order valence-electron chi connectivity index (χ2n) is 5.18. The molecular weight excluding hydrogens is 303 g/mol. The van der Waals surface area contributed by atoms with Gasteiger partial charge in [-0.2, -0.15) is 0 Å². The van der Waals surface area contributed by atoms with Gasteiger partial charge in [0.15, 0.2) is 0 Å². The summed E-state index contributed by atoms with van der Waals surface area (Å²) in [5.74, 6) is 1.51. The fraction of sp³-hybridized carbons (Fsp3) is 0.235. The van der Waals surface area contributed by atoms with Crippen LogP contribution in [0.3, 0.4) is 0 Å². The number of benzene rings is 2.